The van der Waals surface area contributed by atoms with Crippen LogP contribution in [-0.2, 0) is 0 Å². The molecule has 2 heteroatoms. The lowest BCUT2D eigenvalue weighted by atomic mass is 10.1. The Balaban J connectivity index is 3.29. The van der Waals surface area contributed by atoms with Crippen molar-refractivity contribution in [2.75, 3.05) is 7.11 Å². The number of aliphatic imine (C=N–C) groups is 1. The van der Waals surface area contributed by atoms with E-state index in [4.69, 9.17) is 4.74 Å². The van der Waals surface area contributed by atoms with Crippen LogP contribution in [0.25, 0.3) is 0 Å². The minimum absolute atomic E-state index is 0.843. The molecule has 0 spiro atoms. The molecule has 1 aromatic carbocycles. The van der Waals surface area contributed by atoms with E-state index >= 15 is 0 Å². The molecular formula is C11H15NO. The van der Waals surface area contributed by atoms with Crippen molar-refractivity contribution in [1.82, 2.24) is 0 Å². The summed E-state index contributed by atoms with van der Waals surface area (Å²) in [6.45, 7) is 5.99. The largest absolute Gasteiger partial charge is 0.494 e. The summed E-state index contributed by atoms with van der Waals surface area (Å²) in [5.74, 6) is 0.843. The quantitative estimate of drug-likeness (QED) is 0.636. The predicted molar refractivity (Wildman–Crippen MR) is 56.3 cm³/mol. The van der Waals surface area contributed by atoms with E-state index in [1.54, 1.807) is 13.3 Å². The van der Waals surface area contributed by atoms with Crippen LogP contribution in [0.4, 0.5) is 5.69 Å². The van der Waals surface area contributed by atoms with E-state index in [-0.39, 0.29) is 0 Å². The molecule has 0 saturated carbocycles. The number of methoxy groups -OCH3 is 1. The standard InChI is InChI=1S/C11H15NO/c1-5-12-11-9(3)6-8(2)7-10(11)13-4/h5-7H,1-4H3. The van der Waals surface area contributed by atoms with Gasteiger partial charge in [0.25, 0.3) is 0 Å². The van der Waals surface area contributed by atoms with E-state index in [0.29, 0.717) is 0 Å². The zero-order chi connectivity index (χ0) is 9.84. The summed E-state index contributed by atoms with van der Waals surface area (Å²) in [5, 5.41) is 0. The molecule has 0 radical (unpaired) electrons. The van der Waals surface area contributed by atoms with Gasteiger partial charge in [0.2, 0.25) is 0 Å². The van der Waals surface area contributed by atoms with Crippen molar-refractivity contribution in [3.8, 4) is 5.75 Å². The highest BCUT2D eigenvalue weighted by Gasteiger charge is 2.04. The molecule has 0 unspecified atom stereocenters. The van der Waals surface area contributed by atoms with Crippen LogP contribution in [0, 0.1) is 13.8 Å². The molecule has 0 aliphatic carbocycles. The van der Waals surface area contributed by atoms with Gasteiger partial charge in [-0.1, -0.05) is 6.07 Å². The Bertz CT molecular complexity index is 329. The van der Waals surface area contributed by atoms with Crippen LogP contribution in [0.2, 0.25) is 0 Å². The first kappa shape index (κ1) is 9.78. The molecule has 0 bridgehead atoms. The maximum atomic E-state index is 5.25. The van der Waals surface area contributed by atoms with Crippen LogP contribution in [0.3, 0.4) is 0 Å². The maximum absolute atomic E-state index is 5.25. The fourth-order valence-electron chi connectivity index (χ4n) is 1.37. The van der Waals surface area contributed by atoms with Gasteiger partial charge >= 0.3 is 0 Å². The number of hydrogen-bond acceptors (Lipinski definition) is 2. The Morgan fingerprint density at radius 2 is 2.00 bits per heavy atom. The van der Waals surface area contributed by atoms with Gasteiger partial charge in [-0.15, -0.1) is 0 Å². The lowest BCUT2D eigenvalue weighted by Crippen LogP contribution is -1.87. The van der Waals surface area contributed by atoms with Gasteiger partial charge in [0.1, 0.15) is 11.4 Å². The number of ether oxygens (including phenoxy) is 1. The molecule has 0 fully saturated rings. The van der Waals surface area contributed by atoms with Gasteiger partial charge in [-0.25, -0.2) is 0 Å². The minimum Gasteiger partial charge on any atom is -0.494 e. The zero-order valence-corrected chi connectivity index (χ0v) is 8.59. The molecule has 1 aromatic rings. The summed E-state index contributed by atoms with van der Waals surface area (Å²) in [6, 6.07) is 4.10. The molecule has 1 rings (SSSR count). The third kappa shape index (κ3) is 2.08. The lowest BCUT2D eigenvalue weighted by Gasteiger charge is -2.08. The summed E-state index contributed by atoms with van der Waals surface area (Å²) in [6.07, 6.45) is 1.78. The summed E-state index contributed by atoms with van der Waals surface area (Å²) in [4.78, 5) is 4.27. The van der Waals surface area contributed by atoms with Crippen molar-refractivity contribution in [3.63, 3.8) is 0 Å². The summed E-state index contributed by atoms with van der Waals surface area (Å²) < 4.78 is 5.25. The Morgan fingerprint density at radius 3 is 2.54 bits per heavy atom. The van der Waals surface area contributed by atoms with Crippen LogP contribution < -0.4 is 4.74 Å². The molecular weight excluding hydrogens is 162 g/mol. The van der Waals surface area contributed by atoms with Crippen LogP contribution in [0.5, 0.6) is 5.75 Å². The average molecular weight is 177 g/mol. The third-order valence-corrected chi connectivity index (χ3v) is 1.89. The van der Waals surface area contributed by atoms with Gasteiger partial charge in [-0.2, -0.15) is 0 Å². The van der Waals surface area contributed by atoms with E-state index in [2.05, 4.69) is 18.0 Å². The van der Waals surface area contributed by atoms with Crippen molar-refractivity contribution in [2.24, 2.45) is 4.99 Å². The first-order valence-electron chi connectivity index (χ1n) is 4.33. The molecule has 0 aromatic heterocycles. The number of hydrogen-bond donors (Lipinski definition) is 0. The molecule has 0 saturated heterocycles. The van der Waals surface area contributed by atoms with Crippen molar-refractivity contribution in [1.29, 1.82) is 0 Å². The smallest absolute Gasteiger partial charge is 0.144 e. The average Bonchev–Trinajstić information content (AvgIpc) is 2.09. The van der Waals surface area contributed by atoms with Gasteiger partial charge < -0.3 is 4.74 Å². The zero-order valence-electron chi connectivity index (χ0n) is 8.59. The van der Waals surface area contributed by atoms with E-state index in [1.807, 2.05) is 19.9 Å². The molecule has 0 heterocycles. The minimum atomic E-state index is 0.843. The van der Waals surface area contributed by atoms with Crippen molar-refractivity contribution in [3.05, 3.63) is 23.3 Å². The van der Waals surface area contributed by atoms with Gasteiger partial charge in [-0.3, -0.25) is 4.99 Å². The maximum Gasteiger partial charge on any atom is 0.144 e. The Hall–Kier alpha value is -1.31. The van der Waals surface area contributed by atoms with E-state index in [1.165, 1.54) is 5.56 Å². The topological polar surface area (TPSA) is 21.6 Å². The Labute approximate surface area is 79.3 Å². The van der Waals surface area contributed by atoms with E-state index in [0.717, 1.165) is 17.0 Å². The number of nitrogens with zero attached hydrogens (tertiary/aromatic N) is 1. The van der Waals surface area contributed by atoms with Crippen molar-refractivity contribution >= 4 is 11.9 Å². The summed E-state index contributed by atoms with van der Waals surface area (Å²) in [5.41, 5.74) is 3.27. The van der Waals surface area contributed by atoms with Gasteiger partial charge in [0.05, 0.1) is 7.11 Å². The molecule has 0 amide bonds. The normalized spacial score (nSPS) is 10.8. The summed E-state index contributed by atoms with van der Waals surface area (Å²) in [7, 11) is 1.67. The Kier molecular flexibility index (Phi) is 3.07. The van der Waals surface area contributed by atoms with Crippen LogP contribution in [-0.4, -0.2) is 13.3 Å². The van der Waals surface area contributed by atoms with Gasteiger partial charge in [0.15, 0.2) is 0 Å². The van der Waals surface area contributed by atoms with Crippen molar-refractivity contribution < 1.29 is 4.74 Å². The second kappa shape index (κ2) is 4.08. The highest BCUT2D eigenvalue weighted by atomic mass is 16.5. The fourth-order valence-corrected chi connectivity index (χ4v) is 1.37. The van der Waals surface area contributed by atoms with Gasteiger partial charge in [-0.05, 0) is 38.0 Å². The molecule has 0 N–H and O–H groups in total. The molecule has 2 nitrogen and oxygen atoms in total. The first-order valence-corrected chi connectivity index (χ1v) is 4.33. The molecule has 0 atom stereocenters. The first-order chi connectivity index (χ1) is 6.19. The SMILES string of the molecule is CC=Nc1c(C)cc(C)cc1OC. The molecule has 70 valence electrons. The fraction of sp³-hybridized carbons (Fsp3) is 0.364. The number of rotatable bonds is 2. The third-order valence-electron chi connectivity index (χ3n) is 1.89. The predicted octanol–water partition coefficient (Wildman–Crippen LogP) is 3.03. The van der Waals surface area contributed by atoms with Gasteiger partial charge in [0, 0.05) is 6.21 Å². The van der Waals surface area contributed by atoms with E-state index < -0.39 is 0 Å². The second-order valence-corrected chi connectivity index (χ2v) is 3.02. The summed E-state index contributed by atoms with van der Waals surface area (Å²) >= 11 is 0. The second-order valence-electron chi connectivity index (χ2n) is 3.02. The number of aryl methyl sites for hydroxylation is 2. The molecule has 13 heavy (non-hydrogen) atoms. The van der Waals surface area contributed by atoms with Crippen LogP contribution in [0.1, 0.15) is 18.1 Å². The van der Waals surface area contributed by atoms with Crippen LogP contribution in [0.15, 0.2) is 17.1 Å². The Morgan fingerprint density at radius 1 is 1.31 bits per heavy atom. The highest BCUT2D eigenvalue weighted by molar-refractivity contribution is 5.67. The molecule has 0 aliphatic rings. The highest BCUT2D eigenvalue weighted by Crippen LogP contribution is 2.31. The van der Waals surface area contributed by atoms with Crippen LogP contribution >= 0.6 is 0 Å². The van der Waals surface area contributed by atoms with E-state index in [9.17, 15) is 0 Å². The monoisotopic (exact) mass is 177 g/mol. The number of benzene rings is 1. The lowest BCUT2D eigenvalue weighted by molar-refractivity contribution is 0.415. The van der Waals surface area contributed by atoms with Crippen molar-refractivity contribution in [2.45, 2.75) is 20.8 Å². The molecule has 0 aliphatic heterocycles.